The van der Waals surface area contributed by atoms with Crippen molar-refractivity contribution in [3.8, 4) is 17.1 Å². The highest BCUT2D eigenvalue weighted by Gasteiger charge is 2.05. The number of carbonyl (C=O) groups is 1. The van der Waals surface area contributed by atoms with Gasteiger partial charge < -0.3 is 19.1 Å². The van der Waals surface area contributed by atoms with Crippen LogP contribution in [-0.4, -0.2) is 13.1 Å². The Balaban J connectivity index is 2.10. The molecule has 1 aromatic heterocycles. The zero-order valence-electron chi connectivity index (χ0n) is 10.0. The van der Waals surface area contributed by atoms with Gasteiger partial charge >= 0.3 is 0 Å². The van der Waals surface area contributed by atoms with Crippen molar-refractivity contribution in [2.45, 2.75) is 12.8 Å². The molecule has 0 saturated carbocycles. The maximum absolute atomic E-state index is 10.4. The Kier molecular flexibility index (Phi) is 3.67. The zero-order valence-corrected chi connectivity index (χ0v) is 10.0. The molecule has 0 aliphatic rings. The molecule has 0 fully saturated rings. The number of aryl methyl sites for hydroxylation is 1. The summed E-state index contributed by atoms with van der Waals surface area (Å²) in [5.74, 6) is 1.07. The summed E-state index contributed by atoms with van der Waals surface area (Å²) in [6.45, 7) is 0. The predicted octanol–water partition coefficient (Wildman–Crippen LogP) is 1.64. The van der Waals surface area contributed by atoms with Gasteiger partial charge in [-0.25, -0.2) is 0 Å². The van der Waals surface area contributed by atoms with Crippen LogP contribution in [0.2, 0.25) is 0 Å². The molecule has 94 valence electrons. The van der Waals surface area contributed by atoms with Crippen molar-refractivity contribution in [3.05, 3.63) is 42.2 Å². The van der Waals surface area contributed by atoms with Gasteiger partial charge in [0.05, 0.1) is 7.11 Å². The number of carboxylic acids is 1. The van der Waals surface area contributed by atoms with Gasteiger partial charge in [0.1, 0.15) is 17.3 Å². The van der Waals surface area contributed by atoms with Crippen molar-refractivity contribution >= 4 is 5.97 Å². The molecule has 0 unspecified atom stereocenters. The van der Waals surface area contributed by atoms with Crippen molar-refractivity contribution < 1.29 is 19.1 Å². The summed E-state index contributed by atoms with van der Waals surface area (Å²) in [6, 6.07) is 11.1. The fourth-order valence-electron chi connectivity index (χ4n) is 1.65. The van der Waals surface area contributed by atoms with Gasteiger partial charge in [0.25, 0.3) is 0 Å². The van der Waals surface area contributed by atoms with Crippen LogP contribution < -0.4 is 9.84 Å². The molecule has 0 atom stereocenters. The van der Waals surface area contributed by atoms with Crippen LogP contribution in [0.1, 0.15) is 12.2 Å². The zero-order chi connectivity index (χ0) is 13.0. The van der Waals surface area contributed by atoms with Gasteiger partial charge in [0.15, 0.2) is 0 Å². The van der Waals surface area contributed by atoms with Crippen molar-refractivity contribution in [2.24, 2.45) is 0 Å². The van der Waals surface area contributed by atoms with E-state index in [1.807, 2.05) is 30.3 Å². The van der Waals surface area contributed by atoms with E-state index in [0.29, 0.717) is 17.9 Å². The Morgan fingerprint density at radius 3 is 2.56 bits per heavy atom. The van der Waals surface area contributed by atoms with Crippen molar-refractivity contribution in [1.82, 2.24) is 0 Å². The van der Waals surface area contributed by atoms with Gasteiger partial charge in [-0.05, 0) is 42.8 Å². The van der Waals surface area contributed by atoms with E-state index in [2.05, 4.69) is 0 Å². The normalized spacial score (nSPS) is 10.3. The highest BCUT2D eigenvalue weighted by atomic mass is 16.5. The van der Waals surface area contributed by atoms with Crippen molar-refractivity contribution in [1.29, 1.82) is 0 Å². The summed E-state index contributed by atoms with van der Waals surface area (Å²) in [4.78, 5) is 10.4. The molecule has 2 rings (SSSR count). The molecule has 0 aliphatic carbocycles. The number of rotatable bonds is 5. The number of furan rings is 1. The quantitative estimate of drug-likeness (QED) is 0.803. The van der Waals surface area contributed by atoms with E-state index in [9.17, 15) is 9.90 Å². The molecule has 0 bridgehead atoms. The molecular weight excluding hydrogens is 232 g/mol. The van der Waals surface area contributed by atoms with Crippen LogP contribution in [0.15, 0.2) is 40.8 Å². The minimum Gasteiger partial charge on any atom is -0.550 e. The van der Waals surface area contributed by atoms with E-state index in [4.69, 9.17) is 9.15 Å². The van der Waals surface area contributed by atoms with Crippen LogP contribution in [0.3, 0.4) is 0 Å². The molecule has 0 aliphatic heterocycles. The van der Waals surface area contributed by atoms with E-state index in [0.717, 1.165) is 11.3 Å². The lowest BCUT2D eigenvalue weighted by molar-refractivity contribution is -0.305. The first-order valence-electron chi connectivity index (χ1n) is 5.62. The first kappa shape index (κ1) is 12.2. The molecule has 0 spiro atoms. The number of aliphatic carboxylic acids is 1. The Morgan fingerprint density at radius 2 is 1.94 bits per heavy atom. The molecule has 2 aromatic rings. The molecule has 0 N–H and O–H groups in total. The minimum absolute atomic E-state index is 0.0322. The maximum Gasteiger partial charge on any atom is 0.134 e. The molecule has 4 heteroatoms. The van der Waals surface area contributed by atoms with Crippen LogP contribution in [0.25, 0.3) is 11.3 Å². The number of carboxylic acid groups (broad SMARTS) is 1. The third-order valence-corrected chi connectivity index (χ3v) is 2.61. The van der Waals surface area contributed by atoms with Gasteiger partial charge in [0, 0.05) is 18.0 Å². The lowest BCUT2D eigenvalue weighted by atomic mass is 10.2. The van der Waals surface area contributed by atoms with Crippen LogP contribution in [0.4, 0.5) is 0 Å². The van der Waals surface area contributed by atoms with Crippen LogP contribution in [0.5, 0.6) is 5.75 Å². The van der Waals surface area contributed by atoms with E-state index in [-0.39, 0.29) is 6.42 Å². The number of methoxy groups -OCH3 is 1. The minimum atomic E-state index is -1.07. The van der Waals surface area contributed by atoms with E-state index < -0.39 is 5.97 Å². The first-order valence-corrected chi connectivity index (χ1v) is 5.62. The first-order chi connectivity index (χ1) is 8.69. The molecule has 4 nitrogen and oxygen atoms in total. The summed E-state index contributed by atoms with van der Waals surface area (Å²) in [7, 11) is 1.61. The lowest BCUT2D eigenvalue weighted by Crippen LogP contribution is -2.22. The molecule has 0 radical (unpaired) electrons. The SMILES string of the molecule is COc1ccc(-c2ccc(CCC(=O)[O-])o2)cc1. The monoisotopic (exact) mass is 245 g/mol. The van der Waals surface area contributed by atoms with Gasteiger partial charge in [0.2, 0.25) is 0 Å². The Morgan fingerprint density at radius 1 is 1.22 bits per heavy atom. The van der Waals surface area contributed by atoms with Gasteiger partial charge in [-0.1, -0.05) is 0 Å². The topological polar surface area (TPSA) is 62.5 Å². The van der Waals surface area contributed by atoms with Crippen LogP contribution >= 0.6 is 0 Å². The molecule has 0 amide bonds. The highest BCUT2D eigenvalue weighted by Crippen LogP contribution is 2.24. The highest BCUT2D eigenvalue weighted by molar-refractivity contribution is 5.64. The Bertz CT molecular complexity index is 525. The lowest BCUT2D eigenvalue weighted by Gasteiger charge is -2.01. The molecule has 18 heavy (non-hydrogen) atoms. The number of hydrogen-bond donors (Lipinski definition) is 0. The third-order valence-electron chi connectivity index (χ3n) is 2.61. The van der Waals surface area contributed by atoms with Gasteiger partial charge in [-0.3, -0.25) is 0 Å². The largest absolute Gasteiger partial charge is 0.550 e. The van der Waals surface area contributed by atoms with Crippen molar-refractivity contribution in [2.75, 3.05) is 7.11 Å². The number of benzene rings is 1. The summed E-state index contributed by atoms with van der Waals surface area (Å²) in [5.41, 5.74) is 0.926. The second-order valence-electron chi connectivity index (χ2n) is 3.87. The molecule has 1 heterocycles. The average Bonchev–Trinajstić information content (AvgIpc) is 2.85. The van der Waals surface area contributed by atoms with E-state index in [1.165, 1.54) is 0 Å². The van der Waals surface area contributed by atoms with Crippen LogP contribution in [0, 0.1) is 0 Å². The summed E-state index contributed by atoms with van der Waals surface area (Å²) in [6.07, 6.45) is 0.314. The molecular formula is C14H13O4-. The fraction of sp³-hybridized carbons (Fsp3) is 0.214. The van der Waals surface area contributed by atoms with Crippen LogP contribution in [-0.2, 0) is 11.2 Å². The predicted molar refractivity (Wildman–Crippen MR) is 64.0 cm³/mol. The summed E-state index contributed by atoms with van der Waals surface area (Å²) in [5, 5.41) is 10.4. The maximum atomic E-state index is 10.4. The number of hydrogen-bond acceptors (Lipinski definition) is 4. The molecule has 0 saturated heterocycles. The Labute approximate surface area is 105 Å². The Hall–Kier alpha value is -2.23. The summed E-state index contributed by atoms with van der Waals surface area (Å²) < 4.78 is 10.6. The number of carbonyl (C=O) groups excluding carboxylic acids is 1. The second kappa shape index (κ2) is 5.40. The second-order valence-corrected chi connectivity index (χ2v) is 3.87. The smallest absolute Gasteiger partial charge is 0.134 e. The standard InChI is InChI=1S/C14H14O4/c1-17-11-4-2-10(3-5-11)13-8-6-12(18-13)7-9-14(15)16/h2-6,8H,7,9H2,1H3,(H,15,16)/p-1. The average molecular weight is 245 g/mol. The summed E-state index contributed by atoms with van der Waals surface area (Å²) >= 11 is 0. The third kappa shape index (κ3) is 2.91. The van der Waals surface area contributed by atoms with E-state index >= 15 is 0 Å². The van der Waals surface area contributed by atoms with Crippen molar-refractivity contribution in [3.63, 3.8) is 0 Å². The fourth-order valence-corrected chi connectivity index (χ4v) is 1.65. The molecule has 1 aromatic carbocycles. The van der Waals surface area contributed by atoms with Gasteiger partial charge in [-0.15, -0.1) is 0 Å². The number of ether oxygens (including phenoxy) is 1. The van der Waals surface area contributed by atoms with Gasteiger partial charge in [-0.2, -0.15) is 0 Å². The van der Waals surface area contributed by atoms with E-state index in [1.54, 1.807) is 13.2 Å².